The number of hydrogen-bond donors (Lipinski definition) is 1. The summed E-state index contributed by atoms with van der Waals surface area (Å²) in [5, 5.41) is 3.00. The summed E-state index contributed by atoms with van der Waals surface area (Å²) in [5.41, 5.74) is 2.90. The van der Waals surface area contributed by atoms with Crippen LogP contribution in [-0.4, -0.2) is 53.0 Å². The molecule has 1 saturated heterocycles. The molecule has 2 amide bonds. The number of carbonyl (C=O) groups is 2. The second-order valence-electron chi connectivity index (χ2n) is 8.84. The summed E-state index contributed by atoms with van der Waals surface area (Å²) in [7, 11) is 1.62. The van der Waals surface area contributed by atoms with Gasteiger partial charge < -0.3 is 19.5 Å². The molecule has 7 heteroatoms. The molecule has 2 aromatic carbocycles. The zero-order chi connectivity index (χ0) is 23.8. The van der Waals surface area contributed by atoms with Crippen molar-refractivity contribution in [3.63, 3.8) is 0 Å². The summed E-state index contributed by atoms with van der Waals surface area (Å²) >= 11 is 0. The molecule has 0 aliphatic carbocycles. The van der Waals surface area contributed by atoms with Gasteiger partial charge in [0.05, 0.1) is 24.6 Å². The van der Waals surface area contributed by atoms with Crippen LogP contribution in [0, 0.1) is 0 Å². The molecule has 2 heterocycles. The molecular formula is C27H34N4O3. The number of aromatic nitrogens is 2. The van der Waals surface area contributed by atoms with Crippen molar-refractivity contribution in [3.8, 4) is 5.75 Å². The lowest BCUT2D eigenvalue weighted by atomic mass is 10.1. The minimum absolute atomic E-state index is 0.0239. The number of hydrogen-bond acceptors (Lipinski definition) is 4. The van der Waals surface area contributed by atoms with E-state index in [1.165, 1.54) is 12.8 Å². The molecule has 1 aliphatic rings. The fourth-order valence-electron chi connectivity index (χ4n) is 4.56. The normalized spacial score (nSPS) is 14.1. The van der Waals surface area contributed by atoms with Crippen molar-refractivity contribution in [2.45, 2.75) is 51.5 Å². The molecule has 1 N–H and O–H groups in total. The van der Waals surface area contributed by atoms with Gasteiger partial charge in [-0.15, -0.1) is 0 Å². The summed E-state index contributed by atoms with van der Waals surface area (Å²) in [4.78, 5) is 32.1. The highest BCUT2D eigenvalue weighted by Crippen LogP contribution is 2.18. The predicted molar refractivity (Wildman–Crippen MR) is 133 cm³/mol. The van der Waals surface area contributed by atoms with E-state index < -0.39 is 0 Å². The molecule has 0 bridgehead atoms. The first-order valence-electron chi connectivity index (χ1n) is 12.3. The molecule has 7 nitrogen and oxygen atoms in total. The SMILES string of the molecule is COc1ccc(CC(=O)NCCc2nc3ccccc3n2CCC(=O)N2CCCCCC2)cc1. The van der Waals surface area contributed by atoms with Crippen LogP contribution in [0.2, 0.25) is 0 Å². The first kappa shape index (κ1) is 23.8. The van der Waals surface area contributed by atoms with E-state index in [-0.39, 0.29) is 11.8 Å². The van der Waals surface area contributed by atoms with Crippen LogP contribution in [0.5, 0.6) is 5.75 Å². The van der Waals surface area contributed by atoms with Crippen LogP contribution in [0.25, 0.3) is 11.0 Å². The van der Waals surface area contributed by atoms with E-state index >= 15 is 0 Å². The quantitative estimate of drug-likeness (QED) is 0.526. The van der Waals surface area contributed by atoms with Gasteiger partial charge in [0, 0.05) is 39.0 Å². The van der Waals surface area contributed by atoms with Crippen LogP contribution in [0.1, 0.15) is 43.5 Å². The maximum absolute atomic E-state index is 12.8. The number of likely N-dealkylation sites (tertiary alicyclic amines) is 1. The number of rotatable bonds is 9. The van der Waals surface area contributed by atoms with E-state index in [4.69, 9.17) is 9.72 Å². The second-order valence-corrected chi connectivity index (χ2v) is 8.84. The fourth-order valence-corrected chi connectivity index (χ4v) is 4.56. The van der Waals surface area contributed by atoms with Gasteiger partial charge in [-0.2, -0.15) is 0 Å². The average molecular weight is 463 g/mol. The Morgan fingerprint density at radius 1 is 1.00 bits per heavy atom. The molecule has 180 valence electrons. The van der Waals surface area contributed by atoms with Crippen LogP contribution < -0.4 is 10.1 Å². The number of aryl methyl sites for hydroxylation is 1. The molecule has 0 spiro atoms. The van der Waals surface area contributed by atoms with Crippen LogP contribution in [0.4, 0.5) is 0 Å². The number of nitrogens with one attached hydrogen (secondary N) is 1. The summed E-state index contributed by atoms with van der Waals surface area (Å²) < 4.78 is 7.30. The average Bonchev–Trinajstić information content (AvgIpc) is 3.00. The van der Waals surface area contributed by atoms with E-state index in [0.29, 0.717) is 32.4 Å². The Hall–Kier alpha value is -3.35. The standard InChI is InChI=1S/C27H34N4O3/c1-34-22-12-10-21(11-13-22)20-26(32)28-16-14-25-29-23-8-4-5-9-24(23)31(25)19-15-27(33)30-17-6-2-3-7-18-30/h4-5,8-13H,2-3,6-7,14-20H2,1H3,(H,28,32). The van der Waals surface area contributed by atoms with Gasteiger partial charge in [0.25, 0.3) is 0 Å². The zero-order valence-corrected chi connectivity index (χ0v) is 20.0. The fraction of sp³-hybridized carbons (Fsp3) is 0.444. The minimum atomic E-state index is -0.0239. The Morgan fingerprint density at radius 2 is 1.74 bits per heavy atom. The van der Waals surface area contributed by atoms with Crippen LogP contribution >= 0.6 is 0 Å². The van der Waals surface area contributed by atoms with Crippen molar-refractivity contribution >= 4 is 22.8 Å². The smallest absolute Gasteiger partial charge is 0.224 e. The number of imidazole rings is 1. The molecular weight excluding hydrogens is 428 g/mol. The topological polar surface area (TPSA) is 76.5 Å². The lowest BCUT2D eigenvalue weighted by molar-refractivity contribution is -0.131. The van der Waals surface area contributed by atoms with Gasteiger partial charge in [-0.3, -0.25) is 9.59 Å². The van der Waals surface area contributed by atoms with Crippen molar-refractivity contribution in [3.05, 3.63) is 59.9 Å². The Morgan fingerprint density at radius 3 is 2.47 bits per heavy atom. The first-order chi connectivity index (χ1) is 16.6. The number of ether oxygens (including phenoxy) is 1. The molecule has 3 aromatic rings. The van der Waals surface area contributed by atoms with E-state index in [0.717, 1.165) is 54.1 Å². The van der Waals surface area contributed by atoms with Gasteiger partial charge >= 0.3 is 0 Å². The largest absolute Gasteiger partial charge is 0.497 e. The van der Waals surface area contributed by atoms with Crippen molar-refractivity contribution in [1.29, 1.82) is 0 Å². The van der Waals surface area contributed by atoms with Gasteiger partial charge in [-0.25, -0.2) is 4.98 Å². The van der Waals surface area contributed by atoms with Crippen LogP contribution in [-0.2, 0) is 29.0 Å². The zero-order valence-electron chi connectivity index (χ0n) is 20.0. The van der Waals surface area contributed by atoms with Crippen molar-refractivity contribution < 1.29 is 14.3 Å². The predicted octanol–water partition coefficient (Wildman–Crippen LogP) is 3.74. The molecule has 1 aliphatic heterocycles. The summed E-state index contributed by atoms with van der Waals surface area (Å²) in [6.07, 6.45) is 6.03. The Balaban J connectivity index is 1.35. The highest BCUT2D eigenvalue weighted by molar-refractivity contribution is 5.79. The summed E-state index contributed by atoms with van der Waals surface area (Å²) in [6, 6.07) is 15.5. The van der Waals surface area contributed by atoms with Crippen molar-refractivity contribution in [2.24, 2.45) is 0 Å². The van der Waals surface area contributed by atoms with Gasteiger partial charge in [0.1, 0.15) is 11.6 Å². The van der Waals surface area contributed by atoms with Gasteiger partial charge in [0.15, 0.2) is 0 Å². The Kier molecular flexibility index (Phi) is 8.17. The number of para-hydroxylation sites is 2. The Bertz CT molecular complexity index is 1100. The molecule has 4 rings (SSSR count). The first-order valence-corrected chi connectivity index (χ1v) is 12.3. The third-order valence-corrected chi connectivity index (χ3v) is 6.44. The number of nitrogens with zero attached hydrogens (tertiary/aromatic N) is 3. The van der Waals surface area contributed by atoms with Crippen LogP contribution in [0.3, 0.4) is 0 Å². The molecule has 1 fully saturated rings. The van der Waals surface area contributed by atoms with Crippen molar-refractivity contribution in [2.75, 3.05) is 26.7 Å². The van der Waals surface area contributed by atoms with Gasteiger partial charge in [0.2, 0.25) is 11.8 Å². The van der Waals surface area contributed by atoms with Gasteiger partial charge in [-0.1, -0.05) is 37.1 Å². The molecule has 34 heavy (non-hydrogen) atoms. The molecule has 0 unspecified atom stereocenters. The number of fused-ring (bicyclic) bond motifs is 1. The number of carbonyl (C=O) groups excluding carboxylic acids is 2. The number of benzene rings is 2. The maximum atomic E-state index is 12.8. The van der Waals surface area contributed by atoms with Crippen LogP contribution in [0.15, 0.2) is 48.5 Å². The maximum Gasteiger partial charge on any atom is 0.224 e. The third kappa shape index (κ3) is 6.16. The highest BCUT2D eigenvalue weighted by Gasteiger charge is 2.17. The molecule has 0 saturated carbocycles. The molecule has 1 aromatic heterocycles. The lowest BCUT2D eigenvalue weighted by Crippen LogP contribution is -2.32. The Labute approximate surface area is 201 Å². The minimum Gasteiger partial charge on any atom is -0.497 e. The highest BCUT2D eigenvalue weighted by atomic mass is 16.5. The lowest BCUT2D eigenvalue weighted by Gasteiger charge is -2.20. The van der Waals surface area contributed by atoms with E-state index in [9.17, 15) is 9.59 Å². The van der Waals surface area contributed by atoms with E-state index in [1.54, 1.807) is 7.11 Å². The monoisotopic (exact) mass is 462 g/mol. The van der Waals surface area contributed by atoms with Gasteiger partial charge in [-0.05, 0) is 42.7 Å². The number of methoxy groups -OCH3 is 1. The van der Waals surface area contributed by atoms with E-state index in [2.05, 4.69) is 9.88 Å². The molecule has 0 radical (unpaired) electrons. The summed E-state index contributed by atoms with van der Waals surface area (Å²) in [5.74, 6) is 1.87. The molecule has 0 atom stereocenters. The van der Waals surface area contributed by atoms with E-state index in [1.807, 2.05) is 53.4 Å². The third-order valence-electron chi connectivity index (χ3n) is 6.44. The second kappa shape index (κ2) is 11.7. The number of amides is 2. The summed E-state index contributed by atoms with van der Waals surface area (Å²) in [6.45, 7) is 2.84. The van der Waals surface area contributed by atoms with Crippen molar-refractivity contribution in [1.82, 2.24) is 19.8 Å².